The van der Waals surface area contributed by atoms with Gasteiger partial charge in [0, 0.05) is 25.2 Å². The van der Waals surface area contributed by atoms with E-state index in [9.17, 15) is 0 Å². The molecule has 3 aliphatic carbocycles. The topological polar surface area (TPSA) is 6.48 Å². The van der Waals surface area contributed by atoms with Crippen LogP contribution in [0.1, 0.15) is 77.6 Å². The monoisotopic (exact) mass is 306 g/mol. The van der Waals surface area contributed by atoms with Crippen molar-refractivity contribution in [3.8, 4) is 0 Å². The Morgan fingerprint density at radius 2 is 1.23 bits per heavy atom. The van der Waals surface area contributed by atoms with Crippen LogP contribution in [0, 0.1) is 11.3 Å². The first-order valence-corrected chi connectivity index (χ1v) is 10.0. The van der Waals surface area contributed by atoms with Gasteiger partial charge in [0.1, 0.15) is 0 Å². The van der Waals surface area contributed by atoms with Crippen LogP contribution in [0.4, 0.5) is 0 Å². The lowest BCUT2D eigenvalue weighted by Gasteiger charge is -2.38. The largest absolute Gasteiger partial charge is 0.302 e. The first-order valence-electron chi connectivity index (χ1n) is 10.0. The van der Waals surface area contributed by atoms with E-state index < -0.39 is 0 Å². The molecule has 1 spiro atoms. The summed E-state index contributed by atoms with van der Waals surface area (Å²) in [6, 6.07) is 1.73. The highest BCUT2D eigenvalue weighted by Gasteiger charge is 2.45. The highest BCUT2D eigenvalue weighted by molar-refractivity contribution is 4.98. The van der Waals surface area contributed by atoms with Crippen LogP contribution < -0.4 is 0 Å². The van der Waals surface area contributed by atoms with E-state index >= 15 is 0 Å². The maximum Gasteiger partial charge on any atom is 0.0109 e. The van der Waals surface area contributed by atoms with Gasteiger partial charge in [0.05, 0.1) is 0 Å². The van der Waals surface area contributed by atoms with Crippen molar-refractivity contribution in [1.82, 2.24) is 9.80 Å². The van der Waals surface area contributed by atoms with Crippen molar-refractivity contribution >= 4 is 0 Å². The molecule has 0 aromatic rings. The summed E-state index contributed by atoms with van der Waals surface area (Å²) in [5.74, 6) is 1.02. The second-order valence-corrected chi connectivity index (χ2v) is 8.78. The fourth-order valence-corrected chi connectivity index (χ4v) is 5.01. The van der Waals surface area contributed by atoms with Crippen molar-refractivity contribution in [3.63, 3.8) is 0 Å². The SMILES string of the molecule is CCC1CCC(N(C)CCN(C)C2CCC3(CC2)CC3)CC1. The molecular formula is C20H38N2. The molecule has 0 N–H and O–H groups in total. The van der Waals surface area contributed by atoms with Crippen LogP contribution in [-0.4, -0.2) is 49.1 Å². The number of likely N-dealkylation sites (N-methyl/N-ethyl adjacent to an activating group) is 2. The summed E-state index contributed by atoms with van der Waals surface area (Å²) in [5.41, 5.74) is 0.839. The summed E-state index contributed by atoms with van der Waals surface area (Å²) in [6.45, 7) is 4.89. The first kappa shape index (κ1) is 16.8. The summed E-state index contributed by atoms with van der Waals surface area (Å²) in [5, 5.41) is 0. The van der Waals surface area contributed by atoms with E-state index in [2.05, 4.69) is 30.8 Å². The van der Waals surface area contributed by atoms with Gasteiger partial charge < -0.3 is 9.80 Å². The van der Waals surface area contributed by atoms with Gasteiger partial charge in [-0.3, -0.25) is 0 Å². The van der Waals surface area contributed by atoms with E-state index in [0.29, 0.717) is 0 Å². The van der Waals surface area contributed by atoms with Crippen molar-refractivity contribution in [3.05, 3.63) is 0 Å². The third-order valence-corrected chi connectivity index (χ3v) is 7.42. The molecule has 0 aliphatic heterocycles. The van der Waals surface area contributed by atoms with Gasteiger partial charge in [-0.15, -0.1) is 0 Å². The van der Waals surface area contributed by atoms with Crippen LogP contribution in [0.5, 0.6) is 0 Å². The van der Waals surface area contributed by atoms with Gasteiger partial charge in [-0.1, -0.05) is 13.3 Å². The zero-order chi connectivity index (χ0) is 15.6. The smallest absolute Gasteiger partial charge is 0.0109 e. The third-order valence-electron chi connectivity index (χ3n) is 7.42. The molecule has 0 radical (unpaired) electrons. The summed E-state index contributed by atoms with van der Waals surface area (Å²) >= 11 is 0. The first-order chi connectivity index (χ1) is 10.6. The lowest BCUT2D eigenvalue weighted by atomic mass is 9.83. The molecule has 3 fully saturated rings. The van der Waals surface area contributed by atoms with Crippen molar-refractivity contribution in [2.45, 2.75) is 89.6 Å². The lowest BCUT2D eigenvalue weighted by Crippen LogP contribution is -2.43. The molecule has 3 saturated carbocycles. The van der Waals surface area contributed by atoms with Crippen molar-refractivity contribution in [2.75, 3.05) is 27.2 Å². The fourth-order valence-electron chi connectivity index (χ4n) is 5.01. The zero-order valence-electron chi connectivity index (χ0n) is 15.3. The second-order valence-electron chi connectivity index (χ2n) is 8.78. The van der Waals surface area contributed by atoms with E-state index in [1.807, 2.05) is 0 Å². The number of rotatable bonds is 6. The van der Waals surface area contributed by atoms with Crippen LogP contribution >= 0.6 is 0 Å². The van der Waals surface area contributed by atoms with Crippen LogP contribution in [0.25, 0.3) is 0 Å². The number of hydrogen-bond acceptors (Lipinski definition) is 2. The quantitative estimate of drug-likeness (QED) is 0.711. The Balaban J connectivity index is 1.34. The van der Waals surface area contributed by atoms with E-state index in [1.54, 1.807) is 0 Å². The van der Waals surface area contributed by atoms with Gasteiger partial charge in [0.2, 0.25) is 0 Å². The molecular weight excluding hydrogens is 268 g/mol. The van der Waals surface area contributed by atoms with E-state index in [0.717, 1.165) is 23.4 Å². The molecule has 0 aromatic carbocycles. The minimum Gasteiger partial charge on any atom is -0.302 e. The van der Waals surface area contributed by atoms with Gasteiger partial charge >= 0.3 is 0 Å². The van der Waals surface area contributed by atoms with Crippen LogP contribution in [0.3, 0.4) is 0 Å². The molecule has 0 saturated heterocycles. The summed E-state index contributed by atoms with van der Waals surface area (Å²) in [6.07, 6.45) is 16.2. The molecule has 3 rings (SSSR count). The minimum atomic E-state index is 0.839. The standard InChI is InChI=1S/C20H38N2/c1-4-17-5-7-18(8-6-17)21(2)15-16-22(3)19-9-11-20(12-10-19)13-14-20/h17-19H,4-16H2,1-3H3. The van der Waals surface area contributed by atoms with Crippen LogP contribution in [0.2, 0.25) is 0 Å². The van der Waals surface area contributed by atoms with Gasteiger partial charge in [0.15, 0.2) is 0 Å². The third kappa shape index (κ3) is 4.06. The predicted octanol–water partition coefficient (Wildman–Crippen LogP) is 4.54. The molecule has 0 atom stereocenters. The van der Waals surface area contributed by atoms with E-state index in [1.165, 1.54) is 83.7 Å². The van der Waals surface area contributed by atoms with Crippen molar-refractivity contribution in [1.29, 1.82) is 0 Å². The Hall–Kier alpha value is -0.0800. The molecule has 0 aromatic heterocycles. The Bertz CT molecular complexity index is 332. The summed E-state index contributed by atoms with van der Waals surface area (Å²) in [7, 11) is 4.74. The average Bonchev–Trinajstić information content (AvgIpc) is 3.32. The molecule has 22 heavy (non-hydrogen) atoms. The molecule has 0 heterocycles. The lowest BCUT2D eigenvalue weighted by molar-refractivity contribution is 0.116. The van der Waals surface area contributed by atoms with E-state index in [-0.39, 0.29) is 0 Å². The highest BCUT2D eigenvalue weighted by Crippen LogP contribution is 2.56. The Labute approximate surface area is 138 Å². The molecule has 3 aliphatic rings. The summed E-state index contributed by atoms with van der Waals surface area (Å²) < 4.78 is 0. The maximum absolute atomic E-state index is 2.67. The Morgan fingerprint density at radius 1 is 0.727 bits per heavy atom. The average molecular weight is 307 g/mol. The van der Waals surface area contributed by atoms with Crippen LogP contribution in [0.15, 0.2) is 0 Å². The maximum atomic E-state index is 2.67. The predicted molar refractivity (Wildman–Crippen MR) is 95.2 cm³/mol. The Morgan fingerprint density at radius 3 is 1.68 bits per heavy atom. The highest BCUT2D eigenvalue weighted by atomic mass is 15.2. The number of nitrogens with zero attached hydrogens (tertiary/aromatic N) is 2. The molecule has 0 unspecified atom stereocenters. The normalized spacial score (nSPS) is 32.0. The fraction of sp³-hybridized carbons (Fsp3) is 1.00. The van der Waals surface area contributed by atoms with Gasteiger partial charge in [0.25, 0.3) is 0 Å². The summed E-state index contributed by atoms with van der Waals surface area (Å²) in [4.78, 5) is 5.33. The zero-order valence-corrected chi connectivity index (χ0v) is 15.3. The number of hydrogen-bond donors (Lipinski definition) is 0. The molecule has 0 amide bonds. The molecule has 2 heteroatoms. The van der Waals surface area contributed by atoms with Crippen molar-refractivity contribution in [2.24, 2.45) is 11.3 Å². The van der Waals surface area contributed by atoms with Gasteiger partial charge in [-0.25, -0.2) is 0 Å². The minimum absolute atomic E-state index is 0.839. The molecule has 0 bridgehead atoms. The second kappa shape index (κ2) is 7.21. The van der Waals surface area contributed by atoms with Crippen LogP contribution in [-0.2, 0) is 0 Å². The molecule has 128 valence electrons. The van der Waals surface area contributed by atoms with Gasteiger partial charge in [-0.2, -0.15) is 0 Å². The Kier molecular flexibility index (Phi) is 5.50. The van der Waals surface area contributed by atoms with Gasteiger partial charge in [-0.05, 0) is 89.6 Å². The van der Waals surface area contributed by atoms with Crippen molar-refractivity contribution < 1.29 is 0 Å². The van der Waals surface area contributed by atoms with E-state index in [4.69, 9.17) is 0 Å². The molecule has 2 nitrogen and oxygen atoms in total.